The molecule has 0 unspecified atom stereocenters. The van der Waals surface area contributed by atoms with Crippen LogP contribution in [0.25, 0.3) is 11.0 Å². The van der Waals surface area contributed by atoms with Gasteiger partial charge in [0.05, 0.1) is 17.1 Å². The van der Waals surface area contributed by atoms with E-state index >= 15 is 0 Å². The number of halogens is 1. The molecule has 0 aliphatic carbocycles. The molecule has 1 atom stereocenters. The molecule has 4 heterocycles. The van der Waals surface area contributed by atoms with E-state index in [0.717, 1.165) is 6.42 Å². The number of nitrogens with one attached hydrogen (secondary N) is 1. The highest BCUT2D eigenvalue weighted by molar-refractivity contribution is 6.32. The summed E-state index contributed by atoms with van der Waals surface area (Å²) in [4.78, 5) is 26.8. The molecule has 36 heavy (non-hydrogen) atoms. The fourth-order valence-corrected chi connectivity index (χ4v) is 3.98. The molecule has 0 saturated carbocycles. The Bertz CT molecular complexity index is 1430. The summed E-state index contributed by atoms with van der Waals surface area (Å²) in [6, 6.07) is 8.86. The lowest BCUT2D eigenvalue weighted by molar-refractivity contribution is -0.125. The van der Waals surface area contributed by atoms with Crippen molar-refractivity contribution in [1.29, 1.82) is 0 Å². The van der Waals surface area contributed by atoms with Gasteiger partial charge < -0.3 is 19.7 Å². The lowest BCUT2D eigenvalue weighted by atomic mass is 10.3. The minimum Gasteiger partial charge on any atom is -0.484 e. The van der Waals surface area contributed by atoms with Crippen LogP contribution in [-0.2, 0) is 18.4 Å². The van der Waals surface area contributed by atoms with Crippen molar-refractivity contribution in [2.45, 2.75) is 19.1 Å². The quantitative estimate of drug-likeness (QED) is 0.355. The first-order valence-corrected chi connectivity index (χ1v) is 11.5. The number of anilines is 2. The number of hydrogen-bond donors (Lipinski definition) is 1. The van der Waals surface area contributed by atoms with Crippen LogP contribution in [0.5, 0.6) is 11.6 Å². The third kappa shape index (κ3) is 5.03. The third-order valence-electron chi connectivity index (χ3n) is 5.63. The summed E-state index contributed by atoms with van der Waals surface area (Å²) in [6.07, 6.45) is 3.34. The number of nitrogens with zero attached hydrogens (tertiary/aromatic N) is 8. The maximum atomic E-state index is 11.8. The molecule has 184 valence electrons. The van der Waals surface area contributed by atoms with Gasteiger partial charge in [-0.1, -0.05) is 18.2 Å². The van der Waals surface area contributed by atoms with Crippen LogP contribution in [0, 0.1) is 0 Å². The number of aryl methyl sites for hydroxylation is 1. The van der Waals surface area contributed by atoms with Gasteiger partial charge in [-0.3, -0.25) is 4.79 Å². The number of fused-ring (bicyclic) bond motifs is 1. The second-order valence-corrected chi connectivity index (χ2v) is 8.44. The molecule has 12 nitrogen and oxygen atoms in total. The van der Waals surface area contributed by atoms with Gasteiger partial charge in [0.15, 0.2) is 11.6 Å². The first kappa shape index (κ1) is 23.4. The molecule has 0 radical (unpaired) electrons. The number of benzene rings is 1. The van der Waals surface area contributed by atoms with E-state index in [2.05, 4.69) is 42.4 Å². The Morgan fingerprint density at radius 3 is 2.97 bits per heavy atom. The van der Waals surface area contributed by atoms with E-state index in [9.17, 15) is 4.79 Å². The van der Waals surface area contributed by atoms with E-state index < -0.39 is 0 Å². The number of carbonyl (C=O) groups excluding carboxylic acids is 1. The topological polar surface area (TPSA) is 133 Å². The molecule has 1 saturated heterocycles. The summed E-state index contributed by atoms with van der Waals surface area (Å²) < 4.78 is 13.3. The molecule has 0 spiro atoms. The molecular weight excluding hydrogens is 486 g/mol. The minimum atomic E-state index is -0.149. The summed E-state index contributed by atoms with van der Waals surface area (Å²) in [5, 5.41) is 14.9. The molecule has 4 aromatic rings. The summed E-state index contributed by atoms with van der Waals surface area (Å²) in [7, 11) is 1.73. The Morgan fingerprint density at radius 2 is 2.19 bits per heavy atom. The van der Waals surface area contributed by atoms with Crippen molar-refractivity contribution in [1.82, 2.24) is 40.1 Å². The Hall–Kier alpha value is -4.32. The van der Waals surface area contributed by atoms with Gasteiger partial charge in [-0.2, -0.15) is 0 Å². The van der Waals surface area contributed by atoms with Crippen LogP contribution in [-0.4, -0.2) is 65.2 Å². The average molecular weight is 508 g/mol. The van der Waals surface area contributed by atoms with Crippen LogP contribution < -0.4 is 14.8 Å². The number of hydrogen-bond acceptors (Lipinski definition) is 10. The second kappa shape index (κ2) is 10.1. The number of ether oxygens (including phenoxy) is 2. The van der Waals surface area contributed by atoms with Gasteiger partial charge in [0.1, 0.15) is 30.3 Å². The highest BCUT2D eigenvalue weighted by Gasteiger charge is 2.26. The van der Waals surface area contributed by atoms with Crippen LogP contribution in [0.3, 0.4) is 0 Å². The Morgan fingerprint density at radius 1 is 1.31 bits per heavy atom. The van der Waals surface area contributed by atoms with Crippen molar-refractivity contribution in [3.63, 3.8) is 0 Å². The van der Waals surface area contributed by atoms with Gasteiger partial charge >= 0.3 is 0 Å². The van der Waals surface area contributed by atoms with E-state index in [0.29, 0.717) is 58.1 Å². The van der Waals surface area contributed by atoms with Gasteiger partial charge in [0.25, 0.3) is 0 Å². The number of tetrazole rings is 1. The van der Waals surface area contributed by atoms with Crippen molar-refractivity contribution >= 4 is 40.0 Å². The maximum absolute atomic E-state index is 11.8. The predicted octanol–water partition coefficient (Wildman–Crippen LogP) is 2.69. The zero-order valence-electron chi connectivity index (χ0n) is 19.3. The number of amides is 1. The van der Waals surface area contributed by atoms with Crippen molar-refractivity contribution < 1.29 is 14.3 Å². The SMILES string of the molecule is C=CC(=O)N1CC[C@H](Oc2ccc3ncnc(Nc4ccc(OCc5nnnn5C)c(Cl)c4)c3n2)C1. The van der Waals surface area contributed by atoms with Gasteiger partial charge in [0, 0.05) is 31.8 Å². The smallest absolute Gasteiger partial charge is 0.246 e. The summed E-state index contributed by atoms with van der Waals surface area (Å²) in [5.41, 5.74) is 1.88. The fourth-order valence-electron chi connectivity index (χ4n) is 3.75. The molecule has 1 aromatic carbocycles. The molecule has 1 aliphatic heterocycles. The van der Waals surface area contributed by atoms with E-state index in [-0.39, 0.29) is 18.6 Å². The zero-order valence-corrected chi connectivity index (χ0v) is 20.1. The number of aromatic nitrogens is 7. The van der Waals surface area contributed by atoms with Gasteiger partial charge in [-0.25, -0.2) is 19.6 Å². The fraction of sp³-hybridized carbons (Fsp3) is 0.261. The maximum Gasteiger partial charge on any atom is 0.246 e. The summed E-state index contributed by atoms with van der Waals surface area (Å²) >= 11 is 6.43. The van der Waals surface area contributed by atoms with Crippen molar-refractivity contribution in [2.24, 2.45) is 7.05 Å². The second-order valence-electron chi connectivity index (χ2n) is 8.03. The van der Waals surface area contributed by atoms with E-state index in [1.807, 2.05) is 12.1 Å². The van der Waals surface area contributed by atoms with Gasteiger partial charge in [0.2, 0.25) is 11.8 Å². The third-order valence-corrected chi connectivity index (χ3v) is 5.93. The molecular formula is C23H22ClN9O3. The summed E-state index contributed by atoms with van der Waals surface area (Å²) in [6.45, 7) is 4.82. The first-order chi connectivity index (χ1) is 17.5. The molecule has 1 N–H and O–H groups in total. The number of rotatable bonds is 8. The number of pyridine rings is 1. The highest BCUT2D eigenvalue weighted by Crippen LogP contribution is 2.31. The standard InChI is InChI=1S/C23H22ClN9O3/c1-3-21(34)33-9-8-15(11-33)36-20-7-5-17-22(28-20)23(26-13-25-17)27-14-4-6-18(16(24)10-14)35-12-19-29-30-31-32(19)2/h3-7,10,13,15H,1,8-9,11-12H2,2H3,(H,25,26,27)/t15-/m0/s1. The normalized spacial score (nSPS) is 15.2. The highest BCUT2D eigenvalue weighted by atomic mass is 35.5. The van der Waals surface area contributed by atoms with Crippen LogP contribution in [0.1, 0.15) is 12.2 Å². The molecule has 5 rings (SSSR count). The molecule has 1 amide bonds. The van der Waals surface area contributed by atoms with Crippen molar-refractivity contribution in [2.75, 3.05) is 18.4 Å². The Labute approximate surface area is 210 Å². The van der Waals surface area contributed by atoms with Crippen LogP contribution in [0.15, 0.2) is 49.3 Å². The minimum absolute atomic E-state index is 0.104. The van der Waals surface area contributed by atoms with Gasteiger partial charge in [-0.05, 0) is 40.8 Å². The van der Waals surface area contributed by atoms with Crippen LogP contribution >= 0.6 is 11.6 Å². The largest absolute Gasteiger partial charge is 0.484 e. The molecule has 3 aromatic heterocycles. The average Bonchev–Trinajstić information content (AvgIpc) is 3.52. The van der Waals surface area contributed by atoms with Gasteiger partial charge in [-0.15, -0.1) is 5.10 Å². The van der Waals surface area contributed by atoms with Crippen LogP contribution in [0.2, 0.25) is 5.02 Å². The van der Waals surface area contributed by atoms with Crippen LogP contribution in [0.4, 0.5) is 11.5 Å². The zero-order chi connectivity index (χ0) is 25.1. The Balaban J connectivity index is 1.30. The summed E-state index contributed by atoms with van der Waals surface area (Å²) in [5.74, 6) is 1.89. The first-order valence-electron chi connectivity index (χ1n) is 11.1. The molecule has 0 bridgehead atoms. The van der Waals surface area contributed by atoms with E-state index in [1.165, 1.54) is 17.1 Å². The number of carbonyl (C=O) groups is 1. The lowest BCUT2D eigenvalue weighted by Crippen LogP contribution is -2.29. The number of likely N-dealkylation sites (tertiary alicyclic amines) is 1. The van der Waals surface area contributed by atoms with Crippen molar-refractivity contribution in [3.05, 3.63) is 60.2 Å². The van der Waals surface area contributed by atoms with E-state index in [4.69, 9.17) is 21.1 Å². The Kier molecular flexibility index (Phi) is 6.58. The van der Waals surface area contributed by atoms with Crippen molar-refractivity contribution in [3.8, 4) is 11.6 Å². The molecule has 13 heteroatoms. The monoisotopic (exact) mass is 507 g/mol. The molecule has 1 aliphatic rings. The lowest BCUT2D eigenvalue weighted by Gasteiger charge is -2.15. The molecule has 1 fully saturated rings. The van der Waals surface area contributed by atoms with E-state index in [1.54, 1.807) is 30.1 Å². The predicted molar refractivity (Wildman–Crippen MR) is 131 cm³/mol.